The normalized spacial score (nSPS) is 23.6. The summed E-state index contributed by atoms with van der Waals surface area (Å²) in [5.41, 5.74) is -0.0783. The summed E-state index contributed by atoms with van der Waals surface area (Å²) < 4.78 is 16.3. The third kappa shape index (κ3) is 4.15. The molecule has 0 saturated carbocycles. The predicted molar refractivity (Wildman–Crippen MR) is 138 cm³/mol. The van der Waals surface area contributed by atoms with Crippen LogP contribution in [-0.2, 0) is 19.1 Å². The van der Waals surface area contributed by atoms with Crippen molar-refractivity contribution in [1.82, 2.24) is 4.90 Å². The number of nitro groups is 1. The number of nitrogens with zero attached hydrogens (tertiary/aromatic N) is 5. The number of fused-ring (bicyclic) bond motifs is 1. The summed E-state index contributed by atoms with van der Waals surface area (Å²) in [6, 6.07) is 13.1. The molecule has 0 radical (unpaired) electrons. The third-order valence-electron chi connectivity index (χ3n) is 7.21. The number of methoxy groups -OCH3 is 1. The van der Waals surface area contributed by atoms with E-state index >= 15 is 0 Å². The highest BCUT2D eigenvalue weighted by Gasteiger charge is 2.65. The lowest BCUT2D eigenvalue weighted by Crippen LogP contribution is -2.74. The quantitative estimate of drug-likeness (QED) is 0.305. The molecular formula is C26H29N5O7. The Hall–Kier alpha value is -4.03. The maximum absolute atomic E-state index is 14.7. The fourth-order valence-electron chi connectivity index (χ4n) is 5.49. The van der Waals surface area contributed by atoms with Gasteiger partial charge in [-0.15, -0.1) is 0 Å². The highest BCUT2D eigenvalue weighted by molar-refractivity contribution is 6.40. The van der Waals surface area contributed by atoms with Crippen molar-refractivity contribution in [2.24, 2.45) is 11.0 Å². The van der Waals surface area contributed by atoms with Crippen molar-refractivity contribution in [3.05, 3.63) is 58.6 Å². The van der Waals surface area contributed by atoms with E-state index in [0.29, 0.717) is 56.4 Å². The average Bonchev–Trinajstić information content (AvgIpc) is 3.31. The molecule has 2 saturated heterocycles. The Morgan fingerprint density at radius 2 is 1.76 bits per heavy atom. The van der Waals surface area contributed by atoms with Gasteiger partial charge in [0.2, 0.25) is 5.66 Å². The number of ether oxygens (including phenoxy) is 3. The van der Waals surface area contributed by atoms with Crippen molar-refractivity contribution in [3.63, 3.8) is 0 Å². The van der Waals surface area contributed by atoms with Gasteiger partial charge in [0.15, 0.2) is 5.71 Å². The molecular weight excluding hydrogens is 494 g/mol. The monoisotopic (exact) mass is 523 g/mol. The number of carbonyl (C=O) groups is 2. The molecule has 0 N–H and O–H groups in total. The Balaban J connectivity index is 1.65. The SMILES string of the molecule is CCOC(=O)C1=NN(c2ccc(OC)cc2)[C@]2(N3CCOCC3)C(=O)N(c3ccc([N+](=O)[O-])cc3)CC[C@@H]12. The fourth-order valence-corrected chi connectivity index (χ4v) is 5.49. The van der Waals surface area contributed by atoms with Gasteiger partial charge in [0, 0.05) is 37.5 Å². The second kappa shape index (κ2) is 10.4. The molecule has 0 spiro atoms. The highest BCUT2D eigenvalue weighted by Crippen LogP contribution is 2.47. The van der Waals surface area contributed by atoms with Crippen LogP contribution in [0, 0.1) is 16.0 Å². The minimum absolute atomic E-state index is 0.0624. The van der Waals surface area contributed by atoms with Crippen LogP contribution in [0.3, 0.4) is 0 Å². The molecule has 3 aliphatic rings. The molecule has 12 heteroatoms. The first-order chi connectivity index (χ1) is 18.4. The van der Waals surface area contributed by atoms with Gasteiger partial charge in [0.05, 0.1) is 43.5 Å². The lowest BCUT2D eigenvalue weighted by atomic mass is 9.79. The number of rotatable bonds is 7. The standard InChI is InChI=1S/C26H29N5O7/c1-3-38-24(32)23-22-12-13-29(18-4-6-20(7-5-18)31(34)35)25(33)26(22,28-14-16-37-17-15-28)30(27-23)19-8-10-21(36-2)11-9-19/h4-11,22H,3,12-17H2,1-2H3/t22-,26-/m0/s1. The molecule has 2 atom stereocenters. The lowest BCUT2D eigenvalue weighted by Gasteiger charge is -2.53. The molecule has 0 aliphatic carbocycles. The molecule has 3 heterocycles. The number of nitro benzene ring substituents is 1. The van der Waals surface area contributed by atoms with Crippen molar-refractivity contribution in [2.45, 2.75) is 19.0 Å². The molecule has 38 heavy (non-hydrogen) atoms. The van der Waals surface area contributed by atoms with Gasteiger partial charge in [-0.05, 0) is 49.7 Å². The molecule has 0 bridgehead atoms. The van der Waals surface area contributed by atoms with Gasteiger partial charge in [0.1, 0.15) is 5.75 Å². The van der Waals surface area contributed by atoms with Crippen molar-refractivity contribution < 1.29 is 28.7 Å². The number of benzene rings is 2. The van der Waals surface area contributed by atoms with E-state index in [1.807, 2.05) is 4.90 Å². The van der Waals surface area contributed by atoms with Gasteiger partial charge < -0.3 is 19.1 Å². The van der Waals surface area contributed by atoms with Gasteiger partial charge in [-0.1, -0.05) is 0 Å². The first-order valence-electron chi connectivity index (χ1n) is 12.5. The lowest BCUT2D eigenvalue weighted by molar-refractivity contribution is -0.384. The Morgan fingerprint density at radius 1 is 1.11 bits per heavy atom. The summed E-state index contributed by atoms with van der Waals surface area (Å²) in [4.78, 5) is 42.2. The van der Waals surface area contributed by atoms with Gasteiger partial charge in [0.25, 0.3) is 11.6 Å². The Labute approximate surface area is 219 Å². The molecule has 0 aromatic heterocycles. The number of amides is 1. The van der Waals surface area contributed by atoms with E-state index in [1.165, 1.54) is 12.1 Å². The molecule has 12 nitrogen and oxygen atoms in total. The summed E-state index contributed by atoms with van der Waals surface area (Å²) in [6.07, 6.45) is 0.435. The van der Waals surface area contributed by atoms with Crippen molar-refractivity contribution >= 4 is 34.7 Å². The number of esters is 1. The zero-order valence-electron chi connectivity index (χ0n) is 21.2. The van der Waals surface area contributed by atoms with E-state index in [-0.39, 0.29) is 23.9 Å². The molecule has 5 rings (SSSR count). The van der Waals surface area contributed by atoms with Gasteiger partial charge >= 0.3 is 5.97 Å². The van der Waals surface area contributed by atoms with Crippen LogP contribution >= 0.6 is 0 Å². The van der Waals surface area contributed by atoms with Crippen LogP contribution in [-0.4, -0.2) is 79.6 Å². The maximum Gasteiger partial charge on any atom is 0.354 e. The van der Waals surface area contributed by atoms with E-state index < -0.39 is 22.5 Å². The number of hydrogen-bond acceptors (Lipinski definition) is 10. The topological polar surface area (TPSA) is 127 Å². The first kappa shape index (κ1) is 25.6. The van der Waals surface area contributed by atoms with Gasteiger partial charge in [-0.2, -0.15) is 5.10 Å². The Bertz CT molecular complexity index is 1240. The Morgan fingerprint density at radius 3 is 2.37 bits per heavy atom. The molecule has 2 aromatic rings. The molecule has 1 amide bonds. The van der Waals surface area contributed by atoms with E-state index in [2.05, 4.69) is 0 Å². The van der Waals surface area contributed by atoms with Gasteiger partial charge in [-0.25, -0.2) is 9.80 Å². The van der Waals surface area contributed by atoms with Gasteiger partial charge in [-0.3, -0.25) is 19.8 Å². The minimum Gasteiger partial charge on any atom is -0.497 e. The van der Waals surface area contributed by atoms with Crippen LogP contribution in [0.2, 0.25) is 0 Å². The smallest absolute Gasteiger partial charge is 0.354 e. The van der Waals surface area contributed by atoms with Crippen LogP contribution in [0.5, 0.6) is 5.75 Å². The van der Waals surface area contributed by atoms with Crippen molar-refractivity contribution in [1.29, 1.82) is 0 Å². The Kier molecular flexibility index (Phi) is 7.00. The largest absolute Gasteiger partial charge is 0.497 e. The zero-order chi connectivity index (χ0) is 26.9. The molecule has 3 aliphatic heterocycles. The number of hydrazone groups is 1. The fraction of sp³-hybridized carbons (Fsp3) is 0.423. The van der Waals surface area contributed by atoms with Crippen LogP contribution in [0.25, 0.3) is 0 Å². The van der Waals surface area contributed by atoms with Crippen LogP contribution in [0.1, 0.15) is 13.3 Å². The number of carbonyl (C=O) groups excluding carboxylic acids is 2. The molecule has 0 unspecified atom stereocenters. The van der Waals surface area contributed by atoms with Crippen LogP contribution in [0.15, 0.2) is 53.6 Å². The minimum atomic E-state index is -1.36. The van der Waals surface area contributed by atoms with E-state index in [9.17, 15) is 19.7 Å². The van der Waals surface area contributed by atoms with E-state index in [0.717, 1.165) is 0 Å². The molecule has 2 fully saturated rings. The van der Waals surface area contributed by atoms with E-state index in [1.54, 1.807) is 60.3 Å². The number of non-ortho nitro benzene ring substituents is 1. The number of hydrogen-bond donors (Lipinski definition) is 0. The first-order valence-corrected chi connectivity index (χ1v) is 12.5. The summed E-state index contributed by atoms with van der Waals surface area (Å²) in [6.45, 7) is 3.97. The zero-order valence-corrected chi connectivity index (χ0v) is 21.2. The number of anilines is 2. The second-order valence-electron chi connectivity index (χ2n) is 9.11. The number of piperidine rings is 1. The van der Waals surface area contributed by atoms with Crippen molar-refractivity contribution in [3.8, 4) is 5.75 Å². The maximum atomic E-state index is 14.7. The van der Waals surface area contributed by atoms with Crippen LogP contribution in [0.4, 0.5) is 17.1 Å². The predicted octanol–water partition coefficient (Wildman–Crippen LogP) is 2.42. The summed E-state index contributed by atoms with van der Waals surface area (Å²) in [5.74, 6) is -0.753. The third-order valence-corrected chi connectivity index (χ3v) is 7.21. The number of morpholine rings is 1. The average molecular weight is 524 g/mol. The summed E-state index contributed by atoms with van der Waals surface area (Å²) in [5, 5.41) is 17.6. The van der Waals surface area contributed by atoms with Crippen molar-refractivity contribution in [2.75, 3.05) is 56.5 Å². The second-order valence-corrected chi connectivity index (χ2v) is 9.11. The summed E-state index contributed by atoms with van der Waals surface area (Å²) >= 11 is 0. The highest BCUT2D eigenvalue weighted by atomic mass is 16.6. The molecule has 200 valence electrons. The summed E-state index contributed by atoms with van der Waals surface area (Å²) in [7, 11) is 1.57. The van der Waals surface area contributed by atoms with Crippen LogP contribution < -0.4 is 14.6 Å². The van der Waals surface area contributed by atoms with E-state index in [4.69, 9.17) is 19.3 Å². The molecule has 2 aromatic carbocycles.